The molecular formula is C37H22N5O+. The number of ether oxygens (including phenoxy) is 1. The first-order valence-corrected chi connectivity index (χ1v) is 14.8. The topological polar surface area (TPSA) is 37.4 Å². The van der Waals surface area contributed by atoms with Crippen LogP contribution in [0, 0.1) is 0 Å². The molecule has 2 unspecified atom stereocenters. The molecule has 6 nitrogen and oxygen atoms in total. The summed E-state index contributed by atoms with van der Waals surface area (Å²) >= 11 is 0. The lowest BCUT2D eigenvalue weighted by atomic mass is 9.75. The number of pyridine rings is 2. The molecule has 200 valence electrons. The molecule has 0 bridgehead atoms. The molecule has 6 heteroatoms. The first-order valence-electron chi connectivity index (χ1n) is 14.8. The zero-order valence-corrected chi connectivity index (χ0v) is 23.1. The number of anilines is 3. The molecule has 0 amide bonds. The number of likely N-dealkylation sites (N-methyl/N-ethyl adjacent to an activating group) is 1. The number of aromatic nitrogens is 3. The molecule has 0 N–H and O–H groups in total. The van der Waals surface area contributed by atoms with E-state index in [0.717, 1.165) is 23.0 Å². The SMILES string of the molecule is CN1c2ncccc2N2c3cccc4c3C3(c5c(ccc6c5-n5c7c(cccc7c7ccc[n+]3c75)-c3ccccc3-6)O4)C12. The van der Waals surface area contributed by atoms with Crippen molar-refractivity contribution in [3.05, 3.63) is 121 Å². The van der Waals surface area contributed by atoms with Gasteiger partial charge in [0, 0.05) is 29.8 Å². The smallest absolute Gasteiger partial charge is 0.296 e. The van der Waals surface area contributed by atoms with Crippen molar-refractivity contribution in [2.75, 3.05) is 16.8 Å². The van der Waals surface area contributed by atoms with Gasteiger partial charge in [0.05, 0.1) is 34.1 Å². The van der Waals surface area contributed by atoms with E-state index in [9.17, 15) is 0 Å². The van der Waals surface area contributed by atoms with Gasteiger partial charge in [0.25, 0.3) is 5.65 Å². The van der Waals surface area contributed by atoms with Gasteiger partial charge in [-0.05, 0) is 65.7 Å². The van der Waals surface area contributed by atoms with Crippen molar-refractivity contribution in [3.63, 3.8) is 0 Å². The molecule has 1 spiro atoms. The summed E-state index contributed by atoms with van der Waals surface area (Å²) in [5.41, 5.74) is 12.8. The van der Waals surface area contributed by atoms with Gasteiger partial charge in [-0.3, -0.25) is 0 Å². The van der Waals surface area contributed by atoms with Gasteiger partial charge in [0.1, 0.15) is 17.0 Å². The fourth-order valence-electron chi connectivity index (χ4n) is 9.25. The predicted molar refractivity (Wildman–Crippen MR) is 167 cm³/mol. The van der Waals surface area contributed by atoms with Gasteiger partial charge in [-0.25, -0.2) is 9.55 Å². The summed E-state index contributed by atoms with van der Waals surface area (Å²) in [5.74, 6) is 2.83. The number of para-hydroxylation sites is 1. The third-order valence-electron chi connectivity index (χ3n) is 10.6. The fourth-order valence-corrected chi connectivity index (χ4v) is 9.25. The second kappa shape index (κ2) is 6.55. The van der Waals surface area contributed by atoms with Gasteiger partial charge < -0.3 is 14.5 Å². The number of benzene rings is 4. The van der Waals surface area contributed by atoms with Crippen LogP contribution in [0.15, 0.2) is 109 Å². The summed E-state index contributed by atoms with van der Waals surface area (Å²) in [5, 5.41) is 2.53. The Labute approximate surface area is 246 Å². The van der Waals surface area contributed by atoms with Gasteiger partial charge >= 0.3 is 0 Å². The Hall–Kier alpha value is -5.62. The average Bonchev–Trinajstić information content (AvgIpc) is 3.63. The summed E-state index contributed by atoms with van der Waals surface area (Å²) in [6.07, 6.45) is 4.12. The number of rotatable bonds is 0. The quantitative estimate of drug-likeness (QED) is 0.186. The second-order valence-corrected chi connectivity index (χ2v) is 12.3. The highest BCUT2D eigenvalue weighted by Crippen LogP contribution is 2.66. The van der Waals surface area contributed by atoms with E-state index in [2.05, 4.69) is 123 Å². The van der Waals surface area contributed by atoms with Crippen LogP contribution in [0.3, 0.4) is 0 Å². The second-order valence-electron chi connectivity index (χ2n) is 12.3. The standard InChI is InChI=1S/C37H22N5O/c1-39-34-27(14-6-18-38-34)41-26-13-5-15-28-30(26)37(36(39)41)31-29(43-28)17-16-24-21-9-3-2-8-20(21)22-10-4-11-23-25-12-7-19-40(37)35(25)42(32(22)23)33(24)31/h2-19,36H,1H3/q+1. The minimum atomic E-state index is -0.594. The van der Waals surface area contributed by atoms with Gasteiger partial charge in [-0.1, -0.05) is 42.5 Å². The molecule has 2 atom stereocenters. The highest BCUT2D eigenvalue weighted by molar-refractivity contribution is 6.15. The summed E-state index contributed by atoms with van der Waals surface area (Å²) < 4.78 is 12.0. The van der Waals surface area contributed by atoms with E-state index in [1.807, 2.05) is 12.3 Å². The van der Waals surface area contributed by atoms with Gasteiger partial charge in [-0.15, -0.1) is 0 Å². The Kier molecular flexibility index (Phi) is 3.22. The Morgan fingerprint density at radius 1 is 0.721 bits per heavy atom. The monoisotopic (exact) mass is 552 g/mol. The lowest BCUT2D eigenvalue weighted by molar-refractivity contribution is -0.725. The molecule has 8 heterocycles. The van der Waals surface area contributed by atoms with Gasteiger partial charge in [-0.2, -0.15) is 4.57 Å². The van der Waals surface area contributed by atoms with Crippen molar-refractivity contribution in [3.8, 4) is 39.4 Å². The van der Waals surface area contributed by atoms with Crippen molar-refractivity contribution < 1.29 is 9.30 Å². The van der Waals surface area contributed by atoms with Crippen LogP contribution in [0.1, 0.15) is 11.1 Å². The molecular weight excluding hydrogens is 530 g/mol. The molecule has 0 aliphatic carbocycles. The molecule has 7 aromatic rings. The van der Waals surface area contributed by atoms with Crippen molar-refractivity contribution in [2.45, 2.75) is 11.7 Å². The zero-order valence-electron chi connectivity index (χ0n) is 23.1. The van der Waals surface area contributed by atoms with Crippen molar-refractivity contribution in [1.82, 2.24) is 9.55 Å². The highest BCUT2D eigenvalue weighted by atomic mass is 16.5. The van der Waals surface area contributed by atoms with Crippen molar-refractivity contribution >= 4 is 39.1 Å². The van der Waals surface area contributed by atoms with Crippen LogP contribution in [0.2, 0.25) is 0 Å². The lowest BCUT2D eigenvalue weighted by Gasteiger charge is -2.43. The molecule has 43 heavy (non-hydrogen) atoms. The van der Waals surface area contributed by atoms with Crippen molar-refractivity contribution in [2.24, 2.45) is 0 Å². The van der Waals surface area contributed by atoms with Gasteiger partial charge in [0.15, 0.2) is 17.7 Å². The van der Waals surface area contributed by atoms with Gasteiger partial charge in [0.2, 0.25) is 5.54 Å². The van der Waals surface area contributed by atoms with Crippen LogP contribution in [-0.4, -0.2) is 22.8 Å². The predicted octanol–water partition coefficient (Wildman–Crippen LogP) is 7.25. The maximum absolute atomic E-state index is 6.92. The first kappa shape index (κ1) is 21.1. The maximum atomic E-state index is 6.92. The first-order chi connectivity index (χ1) is 21.3. The molecule has 0 radical (unpaired) electrons. The van der Waals surface area contributed by atoms with Crippen LogP contribution < -0.4 is 19.1 Å². The molecule has 5 aliphatic heterocycles. The molecule has 0 saturated heterocycles. The summed E-state index contributed by atoms with van der Waals surface area (Å²) in [6.45, 7) is 0. The Morgan fingerprint density at radius 3 is 2.44 bits per heavy atom. The van der Waals surface area contributed by atoms with Crippen LogP contribution in [0.4, 0.5) is 17.2 Å². The van der Waals surface area contributed by atoms with E-state index in [4.69, 9.17) is 9.72 Å². The number of nitrogens with zero attached hydrogens (tertiary/aromatic N) is 5. The summed E-state index contributed by atoms with van der Waals surface area (Å²) in [7, 11) is 2.20. The van der Waals surface area contributed by atoms with E-state index in [0.29, 0.717) is 0 Å². The van der Waals surface area contributed by atoms with Crippen LogP contribution in [-0.2, 0) is 5.54 Å². The third kappa shape index (κ3) is 1.98. The summed E-state index contributed by atoms with van der Waals surface area (Å²) in [4.78, 5) is 9.79. The lowest BCUT2D eigenvalue weighted by Crippen LogP contribution is -2.70. The Bertz CT molecular complexity index is 2490. The van der Waals surface area contributed by atoms with E-state index in [-0.39, 0.29) is 6.17 Å². The van der Waals surface area contributed by atoms with E-state index < -0.39 is 5.54 Å². The Morgan fingerprint density at radius 2 is 1.51 bits per heavy atom. The maximum Gasteiger partial charge on any atom is 0.296 e. The fraction of sp³-hybridized carbons (Fsp3) is 0.0811. The molecule has 4 aromatic carbocycles. The minimum Gasteiger partial charge on any atom is -0.456 e. The van der Waals surface area contributed by atoms with Crippen LogP contribution >= 0.6 is 0 Å². The van der Waals surface area contributed by atoms with E-state index >= 15 is 0 Å². The molecule has 0 saturated carbocycles. The molecule has 0 fully saturated rings. The normalized spacial score (nSPS) is 20.2. The minimum absolute atomic E-state index is 0.0805. The number of hydrogen-bond donors (Lipinski definition) is 0. The number of fused-ring (bicyclic) bond motifs is 8. The van der Waals surface area contributed by atoms with Crippen LogP contribution in [0.25, 0.3) is 49.9 Å². The van der Waals surface area contributed by atoms with E-state index in [1.165, 1.54) is 66.7 Å². The average molecular weight is 553 g/mol. The third-order valence-corrected chi connectivity index (χ3v) is 10.6. The van der Waals surface area contributed by atoms with Crippen LogP contribution in [0.5, 0.6) is 11.5 Å². The number of hydrogen-bond acceptors (Lipinski definition) is 4. The highest BCUT2D eigenvalue weighted by Gasteiger charge is 2.69. The van der Waals surface area contributed by atoms with Crippen molar-refractivity contribution in [1.29, 1.82) is 0 Å². The summed E-state index contributed by atoms with van der Waals surface area (Å²) in [6, 6.07) is 35.4. The van der Waals surface area contributed by atoms with E-state index in [1.54, 1.807) is 0 Å². The zero-order chi connectivity index (χ0) is 27.8. The molecule has 3 aromatic heterocycles. The molecule has 12 rings (SSSR count). The Balaban J connectivity index is 1.39. The molecule has 5 aliphatic rings. The largest absolute Gasteiger partial charge is 0.456 e.